The number of para-hydroxylation sites is 1. The average molecular weight is 320 g/mol. The van der Waals surface area contributed by atoms with Crippen molar-refractivity contribution in [2.75, 3.05) is 7.11 Å². The Hall–Kier alpha value is -2.88. The highest BCUT2D eigenvalue weighted by Gasteiger charge is 2.12. The van der Waals surface area contributed by atoms with Gasteiger partial charge in [-0.15, -0.1) is 0 Å². The first kappa shape index (κ1) is 16.0. The number of amides is 1. The van der Waals surface area contributed by atoms with Crippen LogP contribution in [0, 0.1) is 0 Å². The third-order valence-electron chi connectivity index (χ3n) is 4.02. The van der Waals surface area contributed by atoms with Gasteiger partial charge in [0.05, 0.1) is 12.6 Å². The second-order valence-corrected chi connectivity index (χ2v) is 5.58. The second-order valence-electron chi connectivity index (χ2n) is 5.58. The molecule has 1 heterocycles. The number of nitrogens with one attached hydrogen (secondary N) is 1. The van der Waals surface area contributed by atoms with Crippen LogP contribution in [0.15, 0.2) is 54.6 Å². The summed E-state index contributed by atoms with van der Waals surface area (Å²) in [4.78, 5) is 16.9. The third-order valence-corrected chi connectivity index (χ3v) is 4.02. The van der Waals surface area contributed by atoms with Crippen molar-refractivity contribution in [3.8, 4) is 5.75 Å². The van der Waals surface area contributed by atoms with E-state index in [1.807, 2.05) is 36.4 Å². The first-order valence-corrected chi connectivity index (χ1v) is 8.01. The Morgan fingerprint density at radius 1 is 1.08 bits per heavy atom. The summed E-state index contributed by atoms with van der Waals surface area (Å²) in [5.74, 6) is 0.441. The van der Waals surface area contributed by atoms with Crippen LogP contribution in [0.3, 0.4) is 0 Å². The number of ether oxygens (including phenoxy) is 1. The number of carbonyl (C=O) groups excluding carboxylic acids is 1. The fourth-order valence-electron chi connectivity index (χ4n) is 2.59. The fraction of sp³-hybridized carbons (Fsp3) is 0.200. The molecule has 4 heteroatoms. The molecule has 0 saturated carbocycles. The standard InChI is InChI=1S/C20H20N2O2/c1-3-14-8-10-15(11-9-14)13-21-20(23)18-12-19(24-2)16-6-4-5-7-17(16)22-18/h4-12H,3,13H2,1-2H3,(H,21,23). The van der Waals surface area contributed by atoms with Gasteiger partial charge in [0, 0.05) is 18.0 Å². The maximum atomic E-state index is 12.4. The van der Waals surface area contributed by atoms with Crippen molar-refractivity contribution in [1.29, 1.82) is 0 Å². The smallest absolute Gasteiger partial charge is 0.270 e. The van der Waals surface area contributed by atoms with Gasteiger partial charge in [0.25, 0.3) is 5.91 Å². The second kappa shape index (κ2) is 7.13. The van der Waals surface area contributed by atoms with Crippen LogP contribution in [0.4, 0.5) is 0 Å². The molecule has 3 rings (SSSR count). The summed E-state index contributed by atoms with van der Waals surface area (Å²) in [5.41, 5.74) is 3.45. The molecule has 1 amide bonds. The van der Waals surface area contributed by atoms with Crippen LogP contribution in [0.5, 0.6) is 5.75 Å². The Balaban J connectivity index is 1.78. The Labute approximate surface area is 141 Å². The molecule has 0 bridgehead atoms. The fourth-order valence-corrected chi connectivity index (χ4v) is 2.59. The number of hydrogen-bond acceptors (Lipinski definition) is 3. The summed E-state index contributed by atoms with van der Waals surface area (Å²) in [6, 6.07) is 17.5. The number of hydrogen-bond donors (Lipinski definition) is 1. The highest BCUT2D eigenvalue weighted by Crippen LogP contribution is 2.24. The Morgan fingerprint density at radius 3 is 2.50 bits per heavy atom. The molecule has 3 aromatic rings. The van der Waals surface area contributed by atoms with Crippen molar-refractivity contribution >= 4 is 16.8 Å². The molecule has 122 valence electrons. The lowest BCUT2D eigenvalue weighted by Gasteiger charge is -2.09. The van der Waals surface area contributed by atoms with Crippen molar-refractivity contribution in [1.82, 2.24) is 10.3 Å². The van der Waals surface area contributed by atoms with Crippen LogP contribution in [0.25, 0.3) is 10.9 Å². The number of aryl methyl sites for hydroxylation is 1. The molecule has 0 saturated heterocycles. The Bertz CT molecular complexity index is 857. The van der Waals surface area contributed by atoms with Crippen LogP contribution < -0.4 is 10.1 Å². The number of carbonyl (C=O) groups is 1. The molecule has 2 aromatic carbocycles. The van der Waals surface area contributed by atoms with Gasteiger partial charge in [0.15, 0.2) is 0 Å². The quantitative estimate of drug-likeness (QED) is 0.779. The molecule has 0 radical (unpaired) electrons. The maximum absolute atomic E-state index is 12.4. The van der Waals surface area contributed by atoms with Gasteiger partial charge in [-0.2, -0.15) is 0 Å². The highest BCUT2D eigenvalue weighted by molar-refractivity contribution is 5.96. The van der Waals surface area contributed by atoms with E-state index in [0.717, 1.165) is 22.9 Å². The molecule has 4 nitrogen and oxygen atoms in total. The van der Waals surface area contributed by atoms with Crippen LogP contribution in [0.1, 0.15) is 28.5 Å². The summed E-state index contributed by atoms with van der Waals surface area (Å²) >= 11 is 0. The monoisotopic (exact) mass is 320 g/mol. The zero-order valence-electron chi connectivity index (χ0n) is 13.9. The Morgan fingerprint density at radius 2 is 1.79 bits per heavy atom. The number of fused-ring (bicyclic) bond motifs is 1. The van der Waals surface area contributed by atoms with E-state index in [-0.39, 0.29) is 5.91 Å². The van der Waals surface area contributed by atoms with Gasteiger partial charge < -0.3 is 10.1 Å². The van der Waals surface area contributed by atoms with Gasteiger partial charge in [-0.3, -0.25) is 4.79 Å². The maximum Gasteiger partial charge on any atom is 0.270 e. The minimum Gasteiger partial charge on any atom is -0.496 e. The number of aromatic nitrogens is 1. The van der Waals surface area contributed by atoms with Gasteiger partial charge in [0.1, 0.15) is 11.4 Å². The summed E-state index contributed by atoms with van der Waals surface area (Å²) in [6.45, 7) is 2.59. The van der Waals surface area contributed by atoms with Gasteiger partial charge in [-0.05, 0) is 29.7 Å². The predicted molar refractivity (Wildman–Crippen MR) is 95.3 cm³/mol. The van der Waals surface area contributed by atoms with Crippen molar-refractivity contribution in [2.45, 2.75) is 19.9 Å². The number of pyridine rings is 1. The third kappa shape index (κ3) is 3.38. The van der Waals surface area contributed by atoms with E-state index in [9.17, 15) is 4.79 Å². The van der Waals surface area contributed by atoms with E-state index in [1.165, 1.54) is 5.56 Å². The minimum absolute atomic E-state index is 0.210. The topological polar surface area (TPSA) is 51.2 Å². The highest BCUT2D eigenvalue weighted by atomic mass is 16.5. The lowest BCUT2D eigenvalue weighted by atomic mass is 10.1. The van der Waals surface area contributed by atoms with Crippen molar-refractivity contribution in [2.24, 2.45) is 0 Å². The lowest BCUT2D eigenvalue weighted by Crippen LogP contribution is -2.23. The van der Waals surface area contributed by atoms with Crippen LogP contribution in [0.2, 0.25) is 0 Å². The summed E-state index contributed by atoms with van der Waals surface area (Å²) in [6.07, 6.45) is 1.01. The molecule has 1 aromatic heterocycles. The molecule has 24 heavy (non-hydrogen) atoms. The first-order valence-electron chi connectivity index (χ1n) is 8.01. The predicted octanol–water partition coefficient (Wildman–Crippen LogP) is 3.74. The average Bonchev–Trinajstić information content (AvgIpc) is 2.65. The summed E-state index contributed by atoms with van der Waals surface area (Å²) < 4.78 is 5.39. The molecule has 0 aliphatic heterocycles. The molecule has 0 aliphatic carbocycles. The summed E-state index contributed by atoms with van der Waals surface area (Å²) in [5, 5.41) is 3.81. The molecule has 0 aliphatic rings. The molecule has 1 N–H and O–H groups in total. The zero-order valence-corrected chi connectivity index (χ0v) is 13.9. The normalized spacial score (nSPS) is 10.6. The molecular formula is C20H20N2O2. The van der Waals surface area contributed by atoms with Gasteiger partial charge in [-0.1, -0.05) is 43.3 Å². The van der Waals surface area contributed by atoms with Crippen LogP contribution in [-0.2, 0) is 13.0 Å². The number of nitrogens with zero attached hydrogens (tertiary/aromatic N) is 1. The molecule has 0 atom stereocenters. The van der Waals surface area contributed by atoms with E-state index < -0.39 is 0 Å². The van der Waals surface area contributed by atoms with E-state index in [2.05, 4.69) is 29.4 Å². The van der Waals surface area contributed by atoms with E-state index in [0.29, 0.717) is 18.0 Å². The minimum atomic E-state index is -0.210. The number of benzene rings is 2. The molecular weight excluding hydrogens is 300 g/mol. The number of methoxy groups -OCH3 is 1. The molecule has 0 unspecified atom stereocenters. The van der Waals surface area contributed by atoms with E-state index in [4.69, 9.17) is 4.74 Å². The van der Waals surface area contributed by atoms with Crippen LogP contribution >= 0.6 is 0 Å². The first-order chi connectivity index (χ1) is 11.7. The Kier molecular flexibility index (Phi) is 4.75. The van der Waals surface area contributed by atoms with Crippen molar-refractivity contribution in [3.63, 3.8) is 0 Å². The van der Waals surface area contributed by atoms with E-state index >= 15 is 0 Å². The van der Waals surface area contributed by atoms with Gasteiger partial charge >= 0.3 is 0 Å². The zero-order chi connectivity index (χ0) is 16.9. The lowest BCUT2D eigenvalue weighted by molar-refractivity contribution is 0.0946. The van der Waals surface area contributed by atoms with Crippen molar-refractivity contribution < 1.29 is 9.53 Å². The number of rotatable bonds is 5. The summed E-state index contributed by atoms with van der Waals surface area (Å²) in [7, 11) is 1.60. The SMILES string of the molecule is CCc1ccc(CNC(=O)c2cc(OC)c3ccccc3n2)cc1. The van der Waals surface area contributed by atoms with Crippen molar-refractivity contribution in [3.05, 3.63) is 71.4 Å². The molecule has 0 fully saturated rings. The van der Waals surface area contributed by atoms with Gasteiger partial charge in [-0.25, -0.2) is 4.98 Å². The van der Waals surface area contributed by atoms with Gasteiger partial charge in [0.2, 0.25) is 0 Å². The molecule has 0 spiro atoms. The van der Waals surface area contributed by atoms with E-state index in [1.54, 1.807) is 13.2 Å². The largest absolute Gasteiger partial charge is 0.496 e. The van der Waals surface area contributed by atoms with Crippen LogP contribution in [-0.4, -0.2) is 18.0 Å².